The van der Waals surface area contributed by atoms with Gasteiger partial charge in [0, 0.05) is 20.4 Å². The van der Waals surface area contributed by atoms with Gasteiger partial charge >= 0.3 is 7.60 Å². The van der Waals surface area contributed by atoms with Crippen LogP contribution in [0.5, 0.6) is 0 Å². The molecular formula is C14H12NO6P. The molecule has 0 saturated heterocycles. The van der Waals surface area contributed by atoms with Gasteiger partial charge < -0.3 is 13.5 Å². The molecule has 8 heteroatoms. The Hall–Kier alpha value is -2.08. The molecule has 0 aromatic carbocycles. The largest absolute Gasteiger partial charge is 0.456 e. The summed E-state index contributed by atoms with van der Waals surface area (Å²) in [6.45, 7) is 1.50. The van der Waals surface area contributed by atoms with Crippen LogP contribution in [-0.2, 0) is 13.6 Å². The normalized spacial score (nSPS) is 14.0. The van der Waals surface area contributed by atoms with Crippen molar-refractivity contribution in [1.29, 1.82) is 0 Å². The first-order valence-electron chi connectivity index (χ1n) is 6.34. The number of hydrogen-bond acceptors (Lipinski definition) is 7. The predicted molar refractivity (Wildman–Crippen MR) is 75.8 cm³/mol. The zero-order chi connectivity index (χ0) is 16.1. The smallest absolute Gasteiger partial charge is 0.365 e. The number of furan rings is 1. The van der Waals surface area contributed by atoms with E-state index in [1.54, 1.807) is 6.07 Å². The number of rotatable bonds is 3. The maximum Gasteiger partial charge on any atom is 0.365 e. The van der Waals surface area contributed by atoms with Gasteiger partial charge in [0.05, 0.1) is 11.1 Å². The van der Waals surface area contributed by atoms with Crippen molar-refractivity contribution in [1.82, 2.24) is 4.98 Å². The SMILES string of the molecule is COP(=O)(OC)c1c(C)oc2c1C(=O)c1cccnc1C2=O. The van der Waals surface area contributed by atoms with E-state index < -0.39 is 19.2 Å². The molecule has 0 N–H and O–H groups in total. The Kier molecular flexibility index (Phi) is 3.36. The topological polar surface area (TPSA) is 95.7 Å². The summed E-state index contributed by atoms with van der Waals surface area (Å²) in [7, 11) is -1.34. The van der Waals surface area contributed by atoms with Crippen LogP contribution in [0.3, 0.4) is 0 Å². The molecule has 1 aliphatic rings. The summed E-state index contributed by atoms with van der Waals surface area (Å²) in [6, 6.07) is 3.04. The van der Waals surface area contributed by atoms with E-state index in [4.69, 9.17) is 13.5 Å². The van der Waals surface area contributed by atoms with Gasteiger partial charge in [-0.25, -0.2) is 0 Å². The highest BCUT2D eigenvalue weighted by Gasteiger charge is 2.43. The monoisotopic (exact) mass is 321 g/mol. The van der Waals surface area contributed by atoms with Crippen molar-refractivity contribution in [3.8, 4) is 0 Å². The molecule has 0 bridgehead atoms. The second kappa shape index (κ2) is 4.98. The molecular weight excluding hydrogens is 309 g/mol. The van der Waals surface area contributed by atoms with Crippen molar-refractivity contribution in [3.63, 3.8) is 0 Å². The van der Waals surface area contributed by atoms with E-state index in [9.17, 15) is 14.2 Å². The quantitative estimate of drug-likeness (QED) is 0.679. The maximum absolute atomic E-state index is 12.7. The molecule has 0 radical (unpaired) electrons. The minimum Gasteiger partial charge on any atom is -0.456 e. The lowest BCUT2D eigenvalue weighted by atomic mass is 9.92. The Labute approximate surface area is 125 Å². The fraction of sp³-hybridized carbons (Fsp3) is 0.214. The standard InChI is InChI=1S/C14H12NO6P/c1-7-14(22(18,19-2)20-3)9-11(16)8-5-4-6-15-10(8)12(17)13(9)21-7/h4-6H,1-3H3. The summed E-state index contributed by atoms with van der Waals surface area (Å²) in [6.07, 6.45) is 1.42. The molecule has 0 amide bonds. The second-order valence-electron chi connectivity index (χ2n) is 4.63. The van der Waals surface area contributed by atoms with Crippen molar-refractivity contribution < 1.29 is 27.6 Å². The molecule has 3 rings (SSSR count). The van der Waals surface area contributed by atoms with E-state index in [1.807, 2.05) is 0 Å². The molecule has 0 fully saturated rings. The van der Waals surface area contributed by atoms with Crippen LogP contribution in [-0.4, -0.2) is 30.8 Å². The lowest BCUT2D eigenvalue weighted by molar-refractivity contribution is 0.0955. The number of nitrogens with zero attached hydrogens (tertiary/aromatic N) is 1. The molecule has 114 valence electrons. The van der Waals surface area contributed by atoms with Gasteiger partial charge in [0.1, 0.15) is 16.8 Å². The van der Waals surface area contributed by atoms with E-state index in [-0.39, 0.29) is 33.6 Å². The van der Waals surface area contributed by atoms with Crippen LogP contribution in [0, 0.1) is 6.92 Å². The predicted octanol–water partition coefficient (Wildman–Crippen LogP) is 1.87. The summed E-state index contributed by atoms with van der Waals surface area (Å²) in [5.74, 6) is -1.05. The van der Waals surface area contributed by atoms with Crippen LogP contribution in [0.25, 0.3) is 0 Å². The van der Waals surface area contributed by atoms with Gasteiger partial charge in [-0.2, -0.15) is 0 Å². The molecule has 0 unspecified atom stereocenters. The zero-order valence-electron chi connectivity index (χ0n) is 12.1. The molecule has 2 aromatic heterocycles. The van der Waals surface area contributed by atoms with Crippen molar-refractivity contribution in [3.05, 3.63) is 46.7 Å². The number of carbonyl (C=O) groups is 2. The van der Waals surface area contributed by atoms with Gasteiger partial charge in [-0.3, -0.25) is 19.1 Å². The number of fused-ring (bicyclic) bond motifs is 2. The van der Waals surface area contributed by atoms with Crippen molar-refractivity contribution in [2.75, 3.05) is 14.2 Å². The minimum absolute atomic E-state index is 0.0136. The molecule has 2 aromatic rings. The molecule has 7 nitrogen and oxygen atoms in total. The second-order valence-corrected chi connectivity index (χ2v) is 6.80. The van der Waals surface area contributed by atoms with E-state index in [2.05, 4.69) is 4.98 Å². The Morgan fingerprint density at radius 3 is 2.50 bits per heavy atom. The summed E-state index contributed by atoms with van der Waals surface area (Å²) < 4.78 is 28.0. The highest BCUT2D eigenvalue weighted by Crippen LogP contribution is 2.49. The van der Waals surface area contributed by atoms with Crippen LogP contribution in [0.15, 0.2) is 22.7 Å². The van der Waals surface area contributed by atoms with Crippen LogP contribution in [0.1, 0.15) is 37.9 Å². The van der Waals surface area contributed by atoms with Crippen molar-refractivity contribution >= 4 is 24.5 Å². The van der Waals surface area contributed by atoms with Gasteiger partial charge in [-0.15, -0.1) is 0 Å². The average Bonchev–Trinajstić information content (AvgIpc) is 2.90. The van der Waals surface area contributed by atoms with Crippen molar-refractivity contribution in [2.24, 2.45) is 0 Å². The van der Waals surface area contributed by atoms with E-state index in [1.165, 1.54) is 33.4 Å². The number of pyridine rings is 1. The average molecular weight is 321 g/mol. The first-order valence-corrected chi connectivity index (χ1v) is 7.88. The lowest BCUT2D eigenvalue weighted by Crippen LogP contribution is -2.26. The maximum atomic E-state index is 12.7. The van der Waals surface area contributed by atoms with Crippen LogP contribution >= 0.6 is 7.60 Å². The van der Waals surface area contributed by atoms with E-state index >= 15 is 0 Å². The fourth-order valence-corrected chi connectivity index (χ4v) is 3.93. The summed E-state index contributed by atoms with van der Waals surface area (Å²) in [5, 5.41) is -0.0136. The number of ketones is 2. The van der Waals surface area contributed by atoms with E-state index in [0.717, 1.165) is 0 Å². The third-order valence-corrected chi connectivity index (χ3v) is 5.56. The fourth-order valence-electron chi connectivity index (χ4n) is 2.51. The van der Waals surface area contributed by atoms with Crippen molar-refractivity contribution in [2.45, 2.75) is 6.92 Å². The highest BCUT2D eigenvalue weighted by molar-refractivity contribution is 7.62. The number of hydrogen-bond donors (Lipinski definition) is 0. The zero-order valence-corrected chi connectivity index (χ0v) is 13.0. The minimum atomic E-state index is -3.75. The Morgan fingerprint density at radius 2 is 1.86 bits per heavy atom. The van der Waals surface area contributed by atoms with Gasteiger partial charge in [-0.1, -0.05) is 0 Å². The molecule has 0 aliphatic heterocycles. The van der Waals surface area contributed by atoms with Crippen LogP contribution in [0.2, 0.25) is 0 Å². The molecule has 22 heavy (non-hydrogen) atoms. The first kappa shape index (κ1) is 14.8. The molecule has 1 aliphatic carbocycles. The van der Waals surface area contributed by atoms with Gasteiger partial charge in [-0.05, 0) is 19.1 Å². The number of carbonyl (C=O) groups excluding carboxylic acids is 2. The Morgan fingerprint density at radius 1 is 1.18 bits per heavy atom. The molecule has 0 spiro atoms. The lowest BCUT2D eigenvalue weighted by Gasteiger charge is -2.16. The molecule has 0 atom stereocenters. The van der Waals surface area contributed by atoms with Gasteiger partial charge in [0.15, 0.2) is 11.5 Å². The van der Waals surface area contributed by atoms with E-state index in [0.29, 0.717) is 0 Å². The Balaban J connectivity index is 2.34. The molecule has 0 saturated carbocycles. The summed E-state index contributed by atoms with van der Waals surface area (Å²) in [4.78, 5) is 29.1. The third kappa shape index (κ3) is 1.83. The van der Waals surface area contributed by atoms with Crippen LogP contribution in [0.4, 0.5) is 0 Å². The molecule has 2 heterocycles. The number of aryl methyl sites for hydroxylation is 1. The summed E-state index contributed by atoms with van der Waals surface area (Å²) in [5.41, 5.74) is 0.0841. The van der Waals surface area contributed by atoms with Gasteiger partial charge in [0.25, 0.3) is 0 Å². The summed E-state index contributed by atoms with van der Waals surface area (Å²) >= 11 is 0. The van der Waals surface area contributed by atoms with Crippen LogP contribution < -0.4 is 5.30 Å². The first-order chi connectivity index (χ1) is 10.4. The third-order valence-electron chi connectivity index (χ3n) is 3.51. The number of aromatic nitrogens is 1. The highest BCUT2D eigenvalue weighted by atomic mass is 31.2. The Bertz CT molecular complexity index is 845. The van der Waals surface area contributed by atoms with Gasteiger partial charge in [0.2, 0.25) is 5.78 Å².